The molecule has 0 aliphatic rings. The molecule has 1 aromatic carbocycles. The fourth-order valence-corrected chi connectivity index (χ4v) is 1.60. The molecule has 5 heteroatoms. The SMILES string of the molecule is COC(C)(C)CNCC(O)COc1cccc(Cl)c1. The molecule has 1 aromatic rings. The Morgan fingerprint density at radius 2 is 2.16 bits per heavy atom. The van der Waals surface area contributed by atoms with Crippen LogP contribution >= 0.6 is 11.6 Å². The Bertz CT molecular complexity index is 385. The van der Waals surface area contributed by atoms with Gasteiger partial charge in [-0.05, 0) is 32.0 Å². The number of aliphatic hydroxyl groups excluding tert-OH is 1. The lowest BCUT2D eigenvalue weighted by atomic mass is 10.1. The molecule has 0 aromatic heterocycles. The van der Waals surface area contributed by atoms with Gasteiger partial charge in [0, 0.05) is 25.2 Å². The van der Waals surface area contributed by atoms with Crippen molar-refractivity contribution in [2.24, 2.45) is 0 Å². The summed E-state index contributed by atoms with van der Waals surface area (Å²) in [6.07, 6.45) is -0.577. The maximum absolute atomic E-state index is 9.79. The van der Waals surface area contributed by atoms with E-state index in [2.05, 4.69) is 5.32 Å². The van der Waals surface area contributed by atoms with Gasteiger partial charge in [0.05, 0.1) is 5.60 Å². The zero-order chi connectivity index (χ0) is 14.3. The molecule has 0 amide bonds. The van der Waals surface area contributed by atoms with E-state index in [0.717, 1.165) is 0 Å². The lowest BCUT2D eigenvalue weighted by Gasteiger charge is -2.24. The number of aliphatic hydroxyl groups is 1. The van der Waals surface area contributed by atoms with Crippen LogP contribution in [0.4, 0.5) is 0 Å². The summed E-state index contributed by atoms with van der Waals surface area (Å²) < 4.78 is 10.7. The average molecular weight is 288 g/mol. The number of ether oxygens (including phenoxy) is 2. The van der Waals surface area contributed by atoms with E-state index in [1.165, 1.54) is 0 Å². The molecule has 4 nitrogen and oxygen atoms in total. The number of nitrogens with one attached hydrogen (secondary N) is 1. The summed E-state index contributed by atoms with van der Waals surface area (Å²) >= 11 is 5.84. The lowest BCUT2D eigenvalue weighted by molar-refractivity contribution is 0.0191. The highest BCUT2D eigenvalue weighted by molar-refractivity contribution is 6.30. The van der Waals surface area contributed by atoms with Crippen LogP contribution in [0.2, 0.25) is 5.02 Å². The highest BCUT2D eigenvalue weighted by Crippen LogP contribution is 2.17. The predicted molar refractivity (Wildman–Crippen MR) is 76.9 cm³/mol. The number of halogens is 1. The second-order valence-electron chi connectivity index (χ2n) is 5.02. The third-order valence-corrected chi connectivity index (χ3v) is 2.96. The molecule has 1 atom stereocenters. The Labute approximate surface area is 119 Å². The van der Waals surface area contributed by atoms with Gasteiger partial charge in [-0.2, -0.15) is 0 Å². The molecular formula is C14H22ClNO3. The molecule has 0 radical (unpaired) electrons. The first kappa shape index (κ1) is 16.2. The van der Waals surface area contributed by atoms with Gasteiger partial charge in [0.1, 0.15) is 18.5 Å². The van der Waals surface area contributed by atoms with Gasteiger partial charge >= 0.3 is 0 Å². The van der Waals surface area contributed by atoms with E-state index in [4.69, 9.17) is 21.1 Å². The van der Waals surface area contributed by atoms with Crippen molar-refractivity contribution in [2.45, 2.75) is 25.6 Å². The molecule has 2 N–H and O–H groups in total. The molecule has 0 fully saturated rings. The van der Waals surface area contributed by atoms with E-state index in [9.17, 15) is 5.11 Å². The molecule has 0 saturated heterocycles. The highest BCUT2D eigenvalue weighted by Gasteiger charge is 2.16. The molecule has 0 heterocycles. The van der Waals surface area contributed by atoms with Crippen molar-refractivity contribution in [1.82, 2.24) is 5.32 Å². The quantitative estimate of drug-likeness (QED) is 0.769. The van der Waals surface area contributed by atoms with E-state index in [-0.39, 0.29) is 12.2 Å². The fourth-order valence-electron chi connectivity index (χ4n) is 1.42. The minimum Gasteiger partial charge on any atom is -0.491 e. The zero-order valence-electron chi connectivity index (χ0n) is 11.6. The van der Waals surface area contributed by atoms with Gasteiger partial charge in [-0.15, -0.1) is 0 Å². The maximum Gasteiger partial charge on any atom is 0.120 e. The van der Waals surface area contributed by atoms with E-state index < -0.39 is 6.10 Å². The molecule has 0 bridgehead atoms. The highest BCUT2D eigenvalue weighted by atomic mass is 35.5. The smallest absolute Gasteiger partial charge is 0.120 e. The molecule has 1 unspecified atom stereocenters. The van der Waals surface area contributed by atoms with Crippen LogP contribution in [0.1, 0.15) is 13.8 Å². The van der Waals surface area contributed by atoms with Crippen LogP contribution in [0.15, 0.2) is 24.3 Å². The number of benzene rings is 1. The van der Waals surface area contributed by atoms with Crippen LogP contribution in [-0.4, -0.2) is 43.6 Å². The average Bonchev–Trinajstić information content (AvgIpc) is 2.36. The second-order valence-corrected chi connectivity index (χ2v) is 5.45. The first-order valence-corrected chi connectivity index (χ1v) is 6.63. The van der Waals surface area contributed by atoms with Crippen molar-refractivity contribution >= 4 is 11.6 Å². The molecule has 0 aliphatic carbocycles. The van der Waals surface area contributed by atoms with Crippen LogP contribution in [0.3, 0.4) is 0 Å². The Hall–Kier alpha value is -0.810. The van der Waals surface area contributed by atoms with E-state index in [0.29, 0.717) is 23.9 Å². The molecule has 0 saturated carbocycles. The normalized spacial score (nSPS) is 13.3. The van der Waals surface area contributed by atoms with Gasteiger partial charge < -0.3 is 19.9 Å². The largest absolute Gasteiger partial charge is 0.491 e. The third kappa shape index (κ3) is 6.78. The summed E-state index contributed by atoms with van der Waals surface area (Å²) in [5.74, 6) is 0.656. The van der Waals surface area contributed by atoms with E-state index >= 15 is 0 Å². The van der Waals surface area contributed by atoms with Crippen molar-refractivity contribution in [3.63, 3.8) is 0 Å². The molecule has 19 heavy (non-hydrogen) atoms. The number of methoxy groups -OCH3 is 1. The Balaban J connectivity index is 2.23. The minimum absolute atomic E-state index is 0.223. The van der Waals surface area contributed by atoms with Crippen molar-refractivity contribution in [1.29, 1.82) is 0 Å². The summed E-state index contributed by atoms with van der Waals surface area (Å²) in [4.78, 5) is 0. The molecular weight excluding hydrogens is 266 g/mol. The van der Waals surface area contributed by atoms with Crippen LogP contribution in [0, 0.1) is 0 Å². The van der Waals surface area contributed by atoms with Crippen molar-refractivity contribution in [3.8, 4) is 5.75 Å². The molecule has 1 rings (SSSR count). The number of hydrogen-bond donors (Lipinski definition) is 2. The molecule has 108 valence electrons. The van der Waals surface area contributed by atoms with Gasteiger partial charge in [0.25, 0.3) is 0 Å². The first-order valence-electron chi connectivity index (χ1n) is 6.25. The maximum atomic E-state index is 9.79. The Morgan fingerprint density at radius 1 is 1.42 bits per heavy atom. The Morgan fingerprint density at radius 3 is 2.79 bits per heavy atom. The van der Waals surface area contributed by atoms with Gasteiger partial charge in [-0.3, -0.25) is 0 Å². The third-order valence-electron chi connectivity index (χ3n) is 2.72. The van der Waals surface area contributed by atoms with Crippen molar-refractivity contribution in [3.05, 3.63) is 29.3 Å². The molecule has 0 spiro atoms. The summed E-state index contributed by atoms with van der Waals surface area (Å²) in [7, 11) is 1.67. The summed E-state index contributed by atoms with van der Waals surface area (Å²) in [6.45, 7) is 5.30. The number of hydrogen-bond acceptors (Lipinski definition) is 4. The van der Waals surface area contributed by atoms with Crippen LogP contribution in [-0.2, 0) is 4.74 Å². The van der Waals surface area contributed by atoms with E-state index in [1.807, 2.05) is 19.9 Å². The van der Waals surface area contributed by atoms with Crippen molar-refractivity contribution < 1.29 is 14.6 Å². The van der Waals surface area contributed by atoms with Crippen LogP contribution in [0.5, 0.6) is 5.75 Å². The van der Waals surface area contributed by atoms with Crippen molar-refractivity contribution in [2.75, 3.05) is 26.8 Å². The second kappa shape index (κ2) is 7.70. The predicted octanol–water partition coefficient (Wildman–Crippen LogP) is 2.09. The van der Waals surface area contributed by atoms with Crippen LogP contribution in [0.25, 0.3) is 0 Å². The summed E-state index contributed by atoms with van der Waals surface area (Å²) in [6, 6.07) is 7.11. The monoisotopic (exact) mass is 287 g/mol. The minimum atomic E-state index is -0.577. The zero-order valence-corrected chi connectivity index (χ0v) is 12.4. The molecule has 0 aliphatic heterocycles. The fraction of sp³-hybridized carbons (Fsp3) is 0.571. The van der Waals surface area contributed by atoms with Crippen LogP contribution < -0.4 is 10.1 Å². The van der Waals surface area contributed by atoms with Gasteiger partial charge in [0.15, 0.2) is 0 Å². The lowest BCUT2D eigenvalue weighted by Crippen LogP contribution is -2.41. The van der Waals surface area contributed by atoms with Gasteiger partial charge in [-0.1, -0.05) is 17.7 Å². The number of rotatable bonds is 8. The summed E-state index contributed by atoms with van der Waals surface area (Å²) in [5, 5.41) is 13.5. The summed E-state index contributed by atoms with van der Waals surface area (Å²) in [5.41, 5.74) is -0.243. The topological polar surface area (TPSA) is 50.7 Å². The van der Waals surface area contributed by atoms with E-state index in [1.54, 1.807) is 25.3 Å². The Kier molecular flexibility index (Phi) is 6.58. The van der Waals surface area contributed by atoms with Gasteiger partial charge in [-0.25, -0.2) is 0 Å². The first-order chi connectivity index (χ1) is 8.93. The van der Waals surface area contributed by atoms with Gasteiger partial charge in [0.2, 0.25) is 0 Å². The standard InChI is InChI=1S/C14H22ClNO3/c1-14(2,18-3)10-16-8-12(17)9-19-13-6-4-5-11(15)7-13/h4-7,12,16-17H,8-10H2,1-3H3.